The fourth-order valence-electron chi connectivity index (χ4n) is 4.97. The van der Waals surface area contributed by atoms with Crippen molar-refractivity contribution >= 4 is 34.4 Å². The Hall–Kier alpha value is -3.64. The van der Waals surface area contributed by atoms with Crippen molar-refractivity contribution in [3.8, 4) is 0 Å². The molecule has 0 unspecified atom stereocenters. The van der Waals surface area contributed by atoms with Gasteiger partial charge in [0, 0.05) is 47.7 Å². The second-order valence-corrected chi connectivity index (χ2v) is 9.38. The summed E-state index contributed by atoms with van der Waals surface area (Å²) < 4.78 is 0. The maximum absolute atomic E-state index is 13.0. The third-order valence-corrected chi connectivity index (χ3v) is 6.96. The van der Waals surface area contributed by atoms with Gasteiger partial charge in [-0.25, -0.2) is 0 Å². The summed E-state index contributed by atoms with van der Waals surface area (Å²) in [5.41, 5.74) is 6.81. The van der Waals surface area contributed by atoms with Crippen LogP contribution in [0.15, 0.2) is 60.7 Å². The molecule has 1 heterocycles. The van der Waals surface area contributed by atoms with E-state index in [9.17, 15) is 9.59 Å². The van der Waals surface area contributed by atoms with E-state index in [-0.39, 0.29) is 11.7 Å². The zero-order valence-corrected chi connectivity index (χ0v) is 20.2. The first-order valence-corrected chi connectivity index (χ1v) is 12.5. The first-order chi connectivity index (χ1) is 17.1. The molecular weight excluding hydrogens is 436 g/mol. The van der Waals surface area contributed by atoms with Crippen LogP contribution in [0.5, 0.6) is 0 Å². The number of carbonyl (C=O) groups excluding carboxylic acids is 2. The number of Topliss-reactive ketones (excluding diaryl/α,β-unsaturated/α-hetero) is 1. The topological polar surface area (TPSA) is 73.5 Å². The van der Waals surface area contributed by atoms with Gasteiger partial charge in [0.05, 0.1) is 5.69 Å². The summed E-state index contributed by atoms with van der Waals surface area (Å²) in [6.45, 7) is 6.36. The van der Waals surface area contributed by atoms with E-state index in [2.05, 4.69) is 33.8 Å². The van der Waals surface area contributed by atoms with Crippen molar-refractivity contribution in [2.45, 2.75) is 32.6 Å². The largest absolute Gasteiger partial charge is 0.384 e. The van der Waals surface area contributed by atoms with Gasteiger partial charge in [0.2, 0.25) is 0 Å². The molecule has 6 heteroatoms. The van der Waals surface area contributed by atoms with Gasteiger partial charge in [0.1, 0.15) is 0 Å². The highest BCUT2D eigenvalue weighted by Crippen LogP contribution is 2.36. The lowest BCUT2D eigenvalue weighted by molar-refractivity contribution is 0.0995. The zero-order chi connectivity index (χ0) is 24.2. The molecule has 0 radical (unpaired) electrons. The van der Waals surface area contributed by atoms with Crippen molar-refractivity contribution in [3.05, 3.63) is 82.9 Å². The van der Waals surface area contributed by atoms with E-state index < -0.39 is 0 Å². The quantitative estimate of drug-likeness (QED) is 0.400. The number of anilines is 4. The second kappa shape index (κ2) is 10.3. The zero-order valence-electron chi connectivity index (χ0n) is 20.2. The van der Waals surface area contributed by atoms with E-state index in [0.29, 0.717) is 29.7 Å². The summed E-state index contributed by atoms with van der Waals surface area (Å²) in [5.74, 6) is -0.142. The van der Waals surface area contributed by atoms with Crippen LogP contribution in [0.1, 0.15) is 51.1 Å². The van der Waals surface area contributed by atoms with Crippen molar-refractivity contribution < 1.29 is 9.59 Å². The van der Waals surface area contributed by atoms with Gasteiger partial charge in [0.15, 0.2) is 5.78 Å². The van der Waals surface area contributed by atoms with Crippen molar-refractivity contribution in [1.29, 1.82) is 0 Å². The highest BCUT2D eigenvalue weighted by atomic mass is 16.2. The predicted octanol–water partition coefficient (Wildman–Crippen LogP) is 5.63. The number of aryl methyl sites for hydroxylation is 1. The Morgan fingerprint density at radius 1 is 0.886 bits per heavy atom. The molecule has 3 aromatic carbocycles. The highest BCUT2D eigenvalue weighted by Gasteiger charge is 2.27. The molecule has 0 aromatic heterocycles. The average molecular weight is 469 g/mol. The Morgan fingerprint density at radius 3 is 2.40 bits per heavy atom. The Balaban J connectivity index is 1.26. The molecule has 3 aromatic rings. The number of carbonyl (C=O) groups is 2. The van der Waals surface area contributed by atoms with Gasteiger partial charge in [0.25, 0.3) is 5.91 Å². The van der Waals surface area contributed by atoms with Gasteiger partial charge in [-0.2, -0.15) is 0 Å². The van der Waals surface area contributed by atoms with Crippen LogP contribution in [-0.4, -0.2) is 42.8 Å². The smallest absolute Gasteiger partial charge is 0.255 e. The fourth-order valence-corrected chi connectivity index (χ4v) is 4.97. The summed E-state index contributed by atoms with van der Waals surface area (Å²) in [6.07, 6.45) is 3.72. The van der Waals surface area contributed by atoms with E-state index in [1.54, 1.807) is 0 Å². The average Bonchev–Trinajstić information content (AvgIpc) is 3.53. The van der Waals surface area contributed by atoms with Crippen LogP contribution in [0.2, 0.25) is 0 Å². The minimum atomic E-state index is -0.213. The standard InChI is InChI=1S/C29H32N4O2/c1-20-6-2-3-7-24(20)31-25-13-14-26(28-23(25)12-15-27(28)34)32-29(35)21-8-10-22(11-9-21)30-16-19-33-17-4-5-18-33/h2-3,6-11,13-14,30-31H,4-5,12,15-19H2,1H3,(H,32,35). The fraction of sp³-hybridized carbons (Fsp3) is 0.310. The van der Waals surface area contributed by atoms with Crippen LogP contribution in [0.3, 0.4) is 0 Å². The number of likely N-dealkylation sites (tertiary alicyclic amines) is 1. The summed E-state index contributed by atoms with van der Waals surface area (Å²) in [5, 5.41) is 9.88. The first kappa shape index (κ1) is 23.1. The van der Waals surface area contributed by atoms with Crippen LogP contribution in [0.25, 0.3) is 0 Å². The third kappa shape index (κ3) is 5.23. The monoisotopic (exact) mass is 468 g/mol. The van der Waals surface area contributed by atoms with Gasteiger partial charge in [-0.15, -0.1) is 0 Å². The number of benzene rings is 3. The molecule has 180 valence electrons. The van der Waals surface area contributed by atoms with Crippen LogP contribution in [0, 0.1) is 6.92 Å². The lowest BCUT2D eigenvalue weighted by Crippen LogP contribution is -2.25. The summed E-state index contributed by atoms with van der Waals surface area (Å²) >= 11 is 0. The van der Waals surface area contributed by atoms with Crippen molar-refractivity contribution in [3.63, 3.8) is 0 Å². The van der Waals surface area contributed by atoms with E-state index in [4.69, 9.17) is 0 Å². The molecule has 1 saturated heterocycles. The molecule has 2 aliphatic rings. The second-order valence-electron chi connectivity index (χ2n) is 9.38. The first-order valence-electron chi connectivity index (χ1n) is 12.5. The lowest BCUT2D eigenvalue weighted by Gasteiger charge is -2.16. The summed E-state index contributed by atoms with van der Waals surface area (Å²) in [4.78, 5) is 28.2. The van der Waals surface area contributed by atoms with E-state index in [0.717, 1.165) is 41.3 Å². The Kier molecular flexibility index (Phi) is 6.82. The molecule has 3 N–H and O–H groups in total. The number of rotatable bonds is 8. The van der Waals surface area contributed by atoms with Crippen LogP contribution < -0.4 is 16.0 Å². The van der Waals surface area contributed by atoms with Gasteiger partial charge in [-0.1, -0.05) is 18.2 Å². The Bertz CT molecular complexity index is 1230. The van der Waals surface area contributed by atoms with Gasteiger partial charge in [-0.05, 0) is 92.9 Å². The van der Waals surface area contributed by atoms with Crippen molar-refractivity contribution in [1.82, 2.24) is 4.90 Å². The van der Waals surface area contributed by atoms with Gasteiger partial charge in [-0.3, -0.25) is 9.59 Å². The van der Waals surface area contributed by atoms with E-state index in [1.165, 1.54) is 25.9 Å². The molecule has 0 saturated carbocycles. The number of para-hydroxylation sites is 1. The van der Waals surface area contributed by atoms with Crippen LogP contribution >= 0.6 is 0 Å². The molecule has 1 amide bonds. The number of hydrogen-bond acceptors (Lipinski definition) is 5. The van der Waals surface area contributed by atoms with Crippen molar-refractivity contribution in [2.24, 2.45) is 0 Å². The molecule has 0 atom stereocenters. The lowest BCUT2D eigenvalue weighted by atomic mass is 10.0. The van der Waals surface area contributed by atoms with E-state index >= 15 is 0 Å². The minimum Gasteiger partial charge on any atom is -0.384 e. The molecule has 1 aliphatic heterocycles. The summed E-state index contributed by atoms with van der Waals surface area (Å²) in [7, 11) is 0. The van der Waals surface area contributed by atoms with Crippen LogP contribution in [-0.2, 0) is 6.42 Å². The number of nitrogens with zero attached hydrogens (tertiary/aromatic N) is 1. The minimum absolute atomic E-state index is 0.0706. The number of nitrogens with one attached hydrogen (secondary N) is 3. The number of hydrogen-bond donors (Lipinski definition) is 3. The van der Waals surface area contributed by atoms with E-state index in [1.807, 2.05) is 54.6 Å². The molecule has 35 heavy (non-hydrogen) atoms. The molecule has 1 fully saturated rings. The molecule has 6 nitrogen and oxygen atoms in total. The van der Waals surface area contributed by atoms with Gasteiger partial charge >= 0.3 is 0 Å². The third-order valence-electron chi connectivity index (χ3n) is 6.96. The molecule has 1 aliphatic carbocycles. The molecule has 0 bridgehead atoms. The SMILES string of the molecule is Cc1ccccc1Nc1ccc(NC(=O)c2ccc(NCCN3CCCC3)cc2)c2c1CCC2=O. The Morgan fingerprint density at radius 2 is 1.63 bits per heavy atom. The molecular formula is C29H32N4O2. The maximum atomic E-state index is 13.0. The molecule has 5 rings (SSSR count). The molecule has 0 spiro atoms. The summed E-state index contributed by atoms with van der Waals surface area (Å²) in [6, 6.07) is 19.4. The Labute approximate surface area is 206 Å². The predicted molar refractivity (Wildman–Crippen MR) is 142 cm³/mol. The normalized spacial score (nSPS) is 15.2. The maximum Gasteiger partial charge on any atom is 0.255 e. The number of ketones is 1. The number of fused-ring (bicyclic) bond motifs is 1. The highest BCUT2D eigenvalue weighted by molar-refractivity contribution is 6.12. The van der Waals surface area contributed by atoms with Gasteiger partial charge < -0.3 is 20.9 Å². The van der Waals surface area contributed by atoms with Crippen molar-refractivity contribution in [2.75, 3.05) is 42.1 Å². The van der Waals surface area contributed by atoms with Crippen LogP contribution in [0.4, 0.5) is 22.7 Å². The number of amides is 1.